The summed E-state index contributed by atoms with van der Waals surface area (Å²) in [6.45, 7) is 2.45. The van der Waals surface area contributed by atoms with E-state index in [1.807, 2.05) is 0 Å². The van der Waals surface area contributed by atoms with Gasteiger partial charge in [-0.2, -0.15) is 0 Å². The number of aromatic carboxylic acids is 1. The number of nitrogens with zero attached hydrogens (tertiary/aromatic N) is 2. The summed E-state index contributed by atoms with van der Waals surface area (Å²) in [7, 11) is 0. The third kappa shape index (κ3) is 2.27. The number of aryl methyl sites for hydroxylation is 1. The quantitative estimate of drug-likeness (QED) is 0.842. The van der Waals surface area contributed by atoms with Gasteiger partial charge in [0.1, 0.15) is 11.3 Å². The largest absolute Gasteiger partial charge is 0.477 e. The maximum absolute atomic E-state index is 15.7. The highest BCUT2D eigenvalue weighted by Crippen LogP contribution is 2.45. The molecule has 3 N–H and O–H groups in total. The number of aromatic nitrogens is 1. The number of hydrogen-bond donors (Lipinski definition) is 2. The molecule has 2 heterocycles. The van der Waals surface area contributed by atoms with E-state index in [1.165, 1.54) is 17.7 Å². The van der Waals surface area contributed by atoms with Gasteiger partial charge in [0.15, 0.2) is 11.6 Å². The smallest absolute Gasteiger partial charge is 0.341 e. The van der Waals surface area contributed by atoms with Gasteiger partial charge in [0.2, 0.25) is 5.43 Å². The predicted molar refractivity (Wildman–Crippen MR) is 99.9 cm³/mol. The molecule has 0 bridgehead atoms. The highest BCUT2D eigenvalue weighted by molar-refractivity contribution is 5.95. The Morgan fingerprint density at radius 1 is 1.25 bits per heavy atom. The zero-order chi connectivity index (χ0) is 19.9. The third-order valence-corrected chi connectivity index (χ3v) is 6.67. The fourth-order valence-corrected chi connectivity index (χ4v) is 4.91. The van der Waals surface area contributed by atoms with Crippen molar-refractivity contribution >= 4 is 22.6 Å². The molecule has 0 spiro atoms. The van der Waals surface area contributed by atoms with Gasteiger partial charge in [-0.25, -0.2) is 13.6 Å². The van der Waals surface area contributed by atoms with Crippen molar-refractivity contribution in [1.29, 1.82) is 0 Å². The zero-order valence-electron chi connectivity index (χ0n) is 15.4. The van der Waals surface area contributed by atoms with E-state index in [4.69, 9.17) is 5.73 Å². The molecule has 3 unspecified atom stereocenters. The van der Waals surface area contributed by atoms with Gasteiger partial charge in [-0.1, -0.05) is 0 Å². The molecule has 148 valence electrons. The van der Waals surface area contributed by atoms with Crippen LogP contribution < -0.4 is 16.1 Å². The summed E-state index contributed by atoms with van der Waals surface area (Å²) in [6, 6.07) is -0.0120. The van der Waals surface area contributed by atoms with Crippen LogP contribution in [0, 0.1) is 30.4 Å². The number of carbonyl (C=O) groups is 1. The normalized spacial score (nSPS) is 26.4. The lowest BCUT2D eigenvalue weighted by Gasteiger charge is -2.36. The highest BCUT2D eigenvalue weighted by Gasteiger charge is 2.46. The summed E-state index contributed by atoms with van der Waals surface area (Å²) < 4.78 is 32.5. The molecule has 5 rings (SSSR count). The van der Waals surface area contributed by atoms with E-state index in [0.29, 0.717) is 19.0 Å². The Morgan fingerprint density at radius 2 is 1.96 bits per heavy atom. The van der Waals surface area contributed by atoms with Crippen LogP contribution >= 0.6 is 0 Å². The van der Waals surface area contributed by atoms with Crippen LogP contribution in [0.25, 0.3) is 10.9 Å². The minimum absolute atomic E-state index is 0.00237. The molecule has 3 atom stereocenters. The monoisotopic (exact) mass is 389 g/mol. The van der Waals surface area contributed by atoms with Crippen molar-refractivity contribution in [3.8, 4) is 0 Å². The van der Waals surface area contributed by atoms with Crippen LogP contribution in [-0.2, 0) is 0 Å². The number of fused-ring (bicyclic) bond motifs is 2. The molecule has 1 aromatic carbocycles. The van der Waals surface area contributed by atoms with Crippen LogP contribution in [0.3, 0.4) is 0 Å². The first-order chi connectivity index (χ1) is 13.3. The van der Waals surface area contributed by atoms with E-state index in [-0.39, 0.29) is 40.2 Å². The molecule has 3 aliphatic rings. The molecular formula is C20H21F2N3O3. The number of carboxylic acids is 1. The molecule has 3 fully saturated rings. The van der Waals surface area contributed by atoms with Crippen molar-refractivity contribution in [2.24, 2.45) is 17.6 Å². The Kier molecular flexibility index (Phi) is 3.62. The standard InChI is InChI=1S/C20H21F2N3O3/c1-8-14-17(25(10-2-3-10)7-12(19(14)26)20(27)28)16(22)18(15(8)21)24-5-9-4-13(23)11(9)6-24/h7,9-11,13H,2-6,23H2,1H3,(H,27,28). The minimum Gasteiger partial charge on any atom is -0.477 e. The summed E-state index contributed by atoms with van der Waals surface area (Å²) in [5.41, 5.74) is 4.61. The fraction of sp³-hybridized carbons (Fsp3) is 0.500. The number of pyridine rings is 1. The molecule has 1 aliphatic heterocycles. The number of rotatable bonds is 3. The van der Waals surface area contributed by atoms with Gasteiger partial charge >= 0.3 is 5.97 Å². The summed E-state index contributed by atoms with van der Waals surface area (Å²) in [5, 5.41) is 9.20. The number of carboxylic acid groups (broad SMARTS) is 1. The summed E-state index contributed by atoms with van der Waals surface area (Å²) in [4.78, 5) is 25.9. The molecule has 8 heteroatoms. The number of anilines is 1. The first-order valence-electron chi connectivity index (χ1n) is 9.59. The Labute approximate surface area is 159 Å². The van der Waals surface area contributed by atoms with Crippen LogP contribution in [0.5, 0.6) is 0 Å². The van der Waals surface area contributed by atoms with E-state index in [0.717, 1.165) is 19.3 Å². The average molecular weight is 389 g/mol. The van der Waals surface area contributed by atoms with Crippen molar-refractivity contribution in [2.75, 3.05) is 18.0 Å². The predicted octanol–water partition coefficient (Wildman–Crippen LogP) is 2.40. The summed E-state index contributed by atoms with van der Waals surface area (Å²) in [5.74, 6) is -2.40. The lowest BCUT2D eigenvalue weighted by Crippen LogP contribution is -2.46. The topological polar surface area (TPSA) is 88.6 Å². The second-order valence-corrected chi connectivity index (χ2v) is 8.37. The van der Waals surface area contributed by atoms with E-state index in [2.05, 4.69) is 0 Å². The van der Waals surface area contributed by atoms with Crippen molar-refractivity contribution in [2.45, 2.75) is 38.3 Å². The van der Waals surface area contributed by atoms with Crippen LogP contribution in [0.2, 0.25) is 0 Å². The van der Waals surface area contributed by atoms with Gasteiger partial charge in [-0.15, -0.1) is 0 Å². The molecule has 0 amide bonds. The number of benzene rings is 1. The number of nitrogens with two attached hydrogens (primary N) is 1. The molecule has 0 radical (unpaired) electrons. The molecule has 6 nitrogen and oxygen atoms in total. The highest BCUT2D eigenvalue weighted by atomic mass is 19.1. The van der Waals surface area contributed by atoms with Crippen molar-refractivity contribution in [3.63, 3.8) is 0 Å². The summed E-state index contributed by atoms with van der Waals surface area (Å²) >= 11 is 0. The van der Waals surface area contributed by atoms with Crippen LogP contribution in [0.15, 0.2) is 11.0 Å². The van der Waals surface area contributed by atoms with Crippen LogP contribution in [-0.4, -0.2) is 34.8 Å². The molecular weight excluding hydrogens is 368 g/mol. The lowest BCUT2D eigenvalue weighted by atomic mass is 9.72. The molecule has 2 aromatic rings. The first-order valence-corrected chi connectivity index (χ1v) is 9.59. The van der Waals surface area contributed by atoms with Crippen molar-refractivity contribution in [3.05, 3.63) is 39.2 Å². The van der Waals surface area contributed by atoms with Crippen LogP contribution in [0.4, 0.5) is 14.5 Å². The minimum atomic E-state index is -1.39. The molecule has 1 saturated heterocycles. The molecule has 1 aromatic heterocycles. The van der Waals surface area contributed by atoms with Crippen molar-refractivity contribution in [1.82, 2.24) is 4.57 Å². The third-order valence-electron chi connectivity index (χ3n) is 6.67. The SMILES string of the molecule is Cc1c(F)c(N2CC3CC(N)C3C2)c(F)c2c1c(=O)c(C(=O)O)cn2C1CC1. The van der Waals surface area contributed by atoms with Gasteiger partial charge in [0, 0.05) is 36.9 Å². The Morgan fingerprint density at radius 3 is 2.54 bits per heavy atom. The Bertz CT molecular complexity index is 1090. The zero-order valence-corrected chi connectivity index (χ0v) is 15.4. The Hall–Kier alpha value is -2.48. The van der Waals surface area contributed by atoms with Crippen molar-refractivity contribution < 1.29 is 18.7 Å². The maximum atomic E-state index is 15.7. The molecule has 2 aliphatic carbocycles. The fourth-order valence-electron chi connectivity index (χ4n) is 4.91. The summed E-state index contributed by atoms with van der Waals surface area (Å²) in [6.07, 6.45) is 3.60. The molecule has 28 heavy (non-hydrogen) atoms. The maximum Gasteiger partial charge on any atom is 0.341 e. The van der Waals surface area contributed by atoms with E-state index in [1.54, 1.807) is 4.90 Å². The number of hydrogen-bond acceptors (Lipinski definition) is 4. The van der Waals surface area contributed by atoms with Crippen LogP contribution in [0.1, 0.15) is 41.2 Å². The van der Waals surface area contributed by atoms with E-state index >= 15 is 8.78 Å². The van der Waals surface area contributed by atoms with Gasteiger partial charge in [0.25, 0.3) is 0 Å². The van der Waals surface area contributed by atoms with Gasteiger partial charge in [0.05, 0.1) is 10.9 Å². The second-order valence-electron chi connectivity index (χ2n) is 8.37. The van der Waals surface area contributed by atoms with Gasteiger partial charge in [-0.3, -0.25) is 4.79 Å². The second kappa shape index (κ2) is 5.76. The van der Waals surface area contributed by atoms with E-state index in [9.17, 15) is 14.7 Å². The van der Waals surface area contributed by atoms with Gasteiger partial charge < -0.3 is 20.3 Å². The van der Waals surface area contributed by atoms with Gasteiger partial charge in [-0.05, 0) is 38.0 Å². The molecule has 2 saturated carbocycles. The first kappa shape index (κ1) is 17.6. The Balaban J connectivity index is 1.78. The average Bonchev–Trinajstić information content (AvgIpc) is 3.42. The number of halogens is 2. The lowest BCUT2D eigenvalue weighted by molar-refractivity contribution is 0.0695. The van der Waals surface area contributed by atoms with E-state index < -0.39 is 28.6 Å².